The molecule has 0 aromatic carbocycles. The standard InChI is InChI=1S/C13H18N6/c1-3-6-14-12-7-10(11-8-15-18-19(11)2)16-13(17-12)9-4-5-9/h7-9H,3-6H2,1-2H3,(H,14,16,17). The molecule has 100 valence electrons. The largest absolute Gasteiger partial charge is 0.370 e. The molecule has 3 rings (SSSR count). The van der Waals surface area contributed by atoms with Crippen LogP contribution in [-0.4, -0.2) is 31.5 Å². The first-order chi connectivity index (χ1) is 9.28. The summed E-state index contributed by atoms with van der Waals surface area (Å²) in [5, 5.41) is 11.2. The summed E-state index contributed by atoms with van der Waals surface area (Å²) in [6, 6.07) is 1.97. The van der Waals surface area contributed by atoms with E-state index in [1.54, 1.807) is 10.9 Å². The van der Waals surface area contributed by atoms with Crippen LogP contribution in [0.2, 0.25) is 0 Å². The molecule has 1 aliphatic rings. The Hall–Kier alpha value is -1.98. The van der Waals surface area contributed by atoms with Crippen molar-refractivity contribution >= 4 is 5.82 Å². The molecule has 0 amide bonds. The molecule has 2 aromatic rings. The van der Waals surface area contributed by atoms with Gasteiger partial charge in [-0.1, -0.05) is 12.1 Å². The number of hydrogen-bond acceptors (Lipinski definition) is 5. The van der Waals surface area contributed by atoms with Crippen LogP contribution in [-0.2, 0) is 7.05 Å². The summed E-state index contributed by atoms with van der Waals surface area (Å²) in [6.45, 7) is 3.06. The van der Waals surface area contributed by atoms with Crippen molar-refractivity contribution in [3.05, 3.63) is 18.1 Å². The fourth-order valence-electron chi connectivity index (χ4n) is 1.99. The zero-order valence-electron chi connectivity index (χ0n) is 11.3. The topological polar surface area (TPSA) is 68.5 Å². The molecule has 0 saturated heterocycles. The SMILES string of the molecule is CCCNc1cc(-c2cnnn2C)nc(C2CC2)n1. The zero-order valence-corrected chi connectivity index (χ0v) is 11.3. The lowest BCUT2D eigenvalue weighted by Crippen LogP contribution is -2.06. The van der Waals surface area contributed by atoms with E-state index < -0.39 is 0 Å². The predicted octanol–water partition coefficient (Wildman–Crippen LogP) is 1.97. The van der Waals surface area contributed by atoms with Gasteiger partial charge in [0.15, 0.2) is 0 Å². The van der Waals surface area contributed by atoms with Crippen LogP contribution in [0.15, 0.2) is 12.3 Å². The van der Waals surface area contributed by atoms with E-state index in [0.717, 1.165) is 36.0 Å². The summed E-state index contributed by atoms with van der Waals surface area (Å²) < 4.78 is 1.74. The third kappa shape index (κ3) is 2.57. The molecule has 6 nitrogen and oxygen atoms in total. The van der Waals surface area contributed by atoms with E-state index >= 15 is 0 Å². The van der Waals surface area contributed by atoms with Gasteiger partial charge >= 0.3 is 0 Å². The maximum atomic E-state index is 4.65. The quantitative estimate of drug-likeness (QED) is 0.888. The Labute approximate surface area is 112 Å². The van der Waals surface area contributed by atoms with Gasteiger partial charge in [-0.3, -0.25) is 0 Å². The lowest BCUT2D eigenvalue weighted by atomic mass is 10.2. The van der Waals surface area contributed by atoms with Gasteiger partial charge in [0.05, 0.1) is 11.9 Å². The molecule has 1 N–H and O–H groups in total. The van der Waals surface area contributed by atoms with Gasteiger partial charge < -0.3 is 5.32 Å². The van der Waals surface area contributed by atoms with Crippen molar-refractivity contribution in [1.29, 1.82) is 0 Å². The maximum absolute atomic E-state index is 4.65. The molecule has 1 fully saturated rings. The number of nitrogens with zero attached hydrogens (tertiary/aromatic N) is 5. The van der Waals surface area contributed by atoms with Gasteiger partial charge in [0.1, 0.15) is 17.3 Å². The number of anilines is 1. The average molecular weight is 258 g/mol. The number of aromatic nitrogens is 5. The molecule has 0 bridgehead atoms. The lowest BCUT2D eigenvalue weighted by molar-refractivity contribution is 0.718. The number of rotatable bonds is 5. The third-order valence-electron chi connectivity index (χ3n) is 3.22. The van der Waals surface area contributed by atoms with Crippen molar-refractivity contribution in [3.63, 3.8) is 0 Å². The van der Waals surface area contributed by atoms with Crippen LogP contribution in [0.4, 0.5) is 5.82 Å². The third-order valence-corrected chi connectivity index (χ3v) is 3.22. The summed E-state index contributed by atoms with van der Waals surface area (Å²) in [7, 11) is 1.88. The van der Waals surface area contributed by atoms with Gasteiger partial charge in [-0.15, -0.1) is 5.10 Å². The monoisotopic (exact) mass is 258 g/mol. The Morgan fingerprint density at radius 1 is 1.37 bits per heavy atom. The molecule has 0 radical (unpaired) electrons. The summed E-state index contributed by atoms with van der Waals surface area (Å²) in [4.78, 5) is 9.26. The predicted molar refractivity (Wildman–Crippen MR) is 72.8 cm³/mol. The van der Waals surface area contributed by atoms with Crippen molar-refractivity contribution < 1.29 is 0 Å². The highest BCUT2D eigenvalue weighted by Gasteiger charge is 2.27. The van der Waals surface area contributed by atoms with Crippen LogP contribution in [0, 0.1) is 0 Å². The summed E-state index contributed by atoms with van der Waals surface area (Å²) in [6.07, 6.45) is 5.20. The van der Waals surface area contributed by atoms with E-state index in [2.05, 4.69) is 32.5 Å². The molecule has 1 aliphatic carbocycles. The van der Waals surface area contributed by atoms with Crippen LogP contribution in [0.25, 0.3) is 11.4 Å². The van der Waals surface area contributed by atoms with Gasteiger partial charge in [0.25, 0.3) is 0 Å². The highest BCUT2D eigenvalue weighted by Crippen LogP contribution is 2.39. The number of hydrogen-bond donors (Lipinski definition) is 1. The zero-order chi connectivity index (χ0) is 13.2. The van der Waals surface area contributed by atoms with E-state index in [0.29, 0.717) is 5.92 Å². The average Bonchev–Trinajstić information content (AvgIpc) is 3.18. The second kappa shape index (κ2) is 4.95. The van der Waals surface area contributed by atoms with Crippen LogP contribution in [0.1, 0.15) is 37.9 Å². The van der Waals surface area contributed by atoms with Crippen molar-refractivity contribution in [1.82, 2.24) is 25.0 Å². The first-order valence-electron chi connectivity index (χ1n) is 6.76. The summed E-state index contributed by atoms with van der Waals surface area (Å²) in [5.41, 5.74) is 1.81. The van der Waals surface area contributed by atoms with Crippen molar-refractivity contribution in [2.75, 3.05) is 11.9 Å². The molecule has 0 unspecified atom stereocenters. The van der Waals surface area contributed by atoms with Crippen LogP contribution in [0.3, 0.4) is 0 Å². The second-order valence-corrected chi connectivity index (χ2v) is 4.94. The van der Waals surface area contributed by atoms with Gasteiger partial charge in [0.2, 0.25) is 0 Å². The molecule has 19 heavy (non-hydrogen) atoms. The molecule has 0 atom stereocenters. The Morgan fingerprint density at radius 3 is 2.84 bits per heavy atom. The van der Waals surface area contributed by atoms with E-state index in [1.165, 1.54) is 12.8 Å². The Bertz CT molecular complexity index is 572. The summed E-state index contributed by atoms with van der Waals surface area (Å²) >= 11 is 0. The minimum absolute atomic E-state index is 0.531. The highest BCUT2D eigenvalue weighted by molar-refractivity contribution is 5.58. The fourth-order valence-corrected chi connectivity index (χ4v) is 1.99. The minimum atomic E-state index is 0.531. The van der Waals surface area contributed by atoms with Crippen molar-refractivity contribution in [2.24, 2.45) is 7.05 Å². The molecular weight excluding hydrogens is 240 g/mol. The molecule has 2 heterocycles. The smallest absolute Gasteiger partial charge is 0.134 e. The number of nitrogens with one attached hydrogen (secondary N) is 1. The molecule has 1 saturated carbocycles. The van der Waals surface area contributed by atoms with Gasteiger partial charge in [-0.2, -0.15) is 0 Å². The first kappa shape index (κ1) is 12.1. The Kier molecular flexibility index (Phi) is 3.15. The van der Waals surface area contributed by atoms with E-state index in [-0.39, 0.29) is 0 Å². The summed E-state index contributed by atoms with van der Waals surface area (Å²) in [5.74, 6) is 2.37. The van der Waals surface area contributed by atoms with Crippen molar-refractivity contribution in [2.45, 2.75) is 32.1 Å². The van der Waals surface area contributed by atoms with Crippen LogP contribution < -0.4 is 5.32 Å². The van der Waals surface area contributed by atoms with Gasteiger partial charge in [0, 0.05) is 25.6 Å². The first-order valence-corrected chi connectivity index (χ1v) is 6.76. The molecule has 0 spiro atoms. The Morgan fingerprint density at radius 2 is 2.21 bits per heavy atom. The van der Waals surface area contributed by atoms with Crippen LogP contribution in [0.5, 0.6) is 0 Å². The van der Waals surface area contributed by atoms with Crippen LogP contribution >= 0.6 is 0 Å². The maximum Gasteiger partial charge on any atom is 0.134 e. The fraction of sp³-hybridized carbons (Fsp3) is 0.538. The van der Waals surface area contributed by atoms with E-state index in [9.17, 15) is 0 Å². The Balaban J connectivity index is 1.98. The highest BCUT2D eigenvalue weighted by atomic mass is 15.4. The van der Waals surface area contributed by atoms with Gasteiger partial charge in [-0.05, 0) is 19.3 Å². The lowest BCUT2D eigenvalue weighted by Gasteiger charge is -2.09. The van der Waals surface area contributed by atoms with Crippen molar-refractivity contribution in [3.8, 4) is 11.4 Å². The van der Waals surface area contributed by atoms with E-state index in [4.69, 9.17) is 0 Å². The molecule has 0 aliphatic heterocycles. The van der Waals surface area contributed by atoms with Gasteiger partial charge in [-0.25, -0.2) is 14.6 Å². The van der Waals surface area contributed by atoms with E-state index in [1.807, 2.05) is 13.1 Å². The molecular formula is C13H18N6. The molecule has 6 heteroatoms. The minimum Gasteiger partial charge on any atom is -0.370 e. The second-order valence-electron chi connectivity index (χ2n) is 4.94. The molecule has 2 aromatic heterocycles. The number of aryl methyl sites for hydroxylation is 1. The normalized spacial score (nSPS) is 14.6.